The molecule has 0 amide bonds. The number of nitrogens with one attached hydrogen (secondary N) is 1. The van der Waals surface area contributed by atoms with E-state index < -0.39 is 5.54 Å². The number of halogens is 1. The third-order valence-corrected chi connectivity index (χ3v) is 12.7. The van der Waals surface area contributed by atoms with Crippen LogP contribution in [0.25, 0.3) is 33.1 Å². The van der Waals surface area contributed by atoms with Gasteiger partial charge in [-0.3, -0.25) is 4.79 Å². The predicted octanol–water partition coefficient (Wildman–Crippen LogP) is 10.2. The summed E-state index contributed by atoms with van der Waals surface area (Å²) in [5.41, 5.74) is 5.01. The van der Waals surface area contributed by atoms with E-state index in [4.69, 9.17) is 36.3 Å². The van der Waals surface area contributed by atoms with Crippen molar-refractivity contribution in [2.75, 3.05) is 11.9 Å². The van der Waals surface area contributed by atoms with Gasteiger partial charge in [0.1, 0.15) is 22.0 Å². The van der Waals surface area contributed by atoms with Crippen molar-refractivity contribution < 1.29 is 9.53 Å². The van der Waals surface area contributed by atoms with Crippen LogP contribution in [0.5, 0.6) is 0 Å². The van der Waals surface area contributed by atoms with Crippen molar-refractivity contribution in [3.05, 3.63) is 148 Å². The number of hydrogen-bond donors (Lipinski definition) is 1. The molecule has 3 aliphatic rings. The molecule has 4 aromatic heterocycles. The Morgan fingerprint density at radius 1 is 0.855 bits per heavy atom. The van der Waals surface area contributed by atoms with E-state index in [1.165, 1.54) is 4.88 Å². The van der Waals surface area contributed by atoms with E-state index >= 15 is 0 Å². The zero-order chi connectivity index (χ0) is 37.5. The number of nitrogens with zero attached hydrogens (tertiary/aromatic N) is 5. The smallest absolute Gasteiger partial charge is 0.311 e. The van der Waals surface area contributed by atoms with Crippen LogP contribution in [0.3, 0.4) is 0 Å². The highest BCUT2D eigenvalue weighted by Crippen LogP contribution is 2.48. The Bertz CT molecular complexity index is 2370. The molecule has 55 heavy (non-hydrogen) atoms. The number of thiophene rings is 1. The number of benzene rings is 3. The Labute approximate surface area is 329 Å². The maximum atomic E-state index is 13.5. The van der Waals surface area contributed by atoms with E-state index in [2.05, 4.69) is 108 Å². The van der Waals surface area contributed by atoms with Crippen molar-refractivity contribution in [2.24, 2.45) is 17.8 Å². The van der Waals surface area contributed by atoms with Crippen LogP contribution in [0.2, 0.25) is 5.15 Å². The summed E-state index contributed by atoms with van der Waals surface area (Å²) < 4.78 is 7.86. The quantitative estimate of drug-likeness (QED) is 0.109. The average molecular weight is 765 g/mol. The van der Waals surface area contributed by atoms with Gasteiger partial charge < -0.3 is 14.6 Å². The molecule has 3 fully saturated rings. The summed E-state index contributed by atoms with van der Waals surface area (Å²) in [6.07, 6.45) is 7.94. The summed E-state index contributed by atoms with van der Waals surface area (Å²) in [6.45, 7) is 4.34. The lowest BCUT2D eigenvalue weighted by molar-refractivity contribution is -0.154. The molecule has 0 saturated heterocycles. The van der Waals surface area contributed by atoms with Gasteiger partial charge in [0, 0.05) is 23.2 Å². The van der Waals surface area contributed by atoms with Crippen LogP contribution in [0.4, 0.5) is 5.82 Å². The summed E-state index contributed by atoms with van der Waals surface area (Å²) in [5, 5.41) is 4.06. The Balaban J connectivity index is 1.28. The fourth-order valence-electron chi connectivity index (χ4n) is 9.09. The van der Waals surface area contributed by atoms with Crippen LogP contribution in [0.15, 0.2) is 122 Å². The number of aryl methyl sites for hydroxylation is 1. The normalized spacial score (nSPS) is 19.4. The molecule has 0 radical (unpaired) electrons. The first kappa shape index (κ1) is 35.3. The van der Waals surface area contributed by atoms with E-state index in [-0.39, 0.29) is 23.1 Å². The van der Waals surface area contributed by atoms with Crippen LogP contribution in [0, 0.1) is 24.7 Å². The number of fused-ring (bicyclic) bond motifs is 4. The van der Waals surface area contributed by atoms with Gasteiger partial charge in [0.25, 0.3) is 0 Å². The molecule has 2 bridgehead atoms. The maximum absolute atomic E-state index is 13.5. The van der Waals surface area contributed by atoms with Crippen molar-refractivity contribution in [1.29, 1.82) is 0 Å². The molecule has 0 aliphatic heterocycles. The number of carbonyl (C=O) groups is 1. The van der Waals surface area contributed by atoms with Crippen molar-refractivity contribution in [3.8, 4) is 22.0 Å². The number of esters is 1. The fraction of sp³-hybridized carbons (Fsp3) is 0.267. The van der Waals surface area contributed by atoms with Gasteiger partial charge in [0.2, 0.25) is 0 Å². The lowest BCUT2D eigenvalue weighted by Crippen LogP contribution is -2.52. The summed E-state index contributed by atoms with van der Waals surface area (Å²) in [7, 11) is 0. The first-order chi connectivity index (χ1) is 26.9. The molecule has 10 heteroatoms. The minimum atomic E-state index is -0.861. The molecule has 2 atom stereocenters. The summed E-state index contributed by atoms with van der Waals surface area (Å²) in [5.74, 6) is 1.44. The summed E-state index contributed by atoms with van der Waals surface area (Å²) in [6, 6.07) is 37.6. The summed E-state index contributed by atoms with van der Waals surface area (Å²) >= 11 is 8.36. The highest BCUT2D eigenvalue weighted by molar-refractivity contribution is 7.15. The first-order valence-corrected chi connectivity index (χ1v) is 20.2. The van der Waals surface area contributed by atoms with E-state index in [1.807, 2.05) is 31.2 Å². The van der Waals surface area contributed by atoms with Crippen molar-refractivity contribution in [3.63, 3.8) is 0 Å². The number of ether oxygens (including phenoxy) is 1. The zero-order valence-electron chi connectivity index (χ0n) is 30.7. The molecule has 4 heterocycles. The van der Waals surface area contributed by atoms with Crippen molar-refractivity contribution in [2.45, 2.75) is 51.1 Å². The molecule has 7 aromatic rings. The third-order valence-electron chi connectivity index (χ3n) is 11.5. The van der Waals surface area contributed by atoms with Gasteiger partial charge in [-0.15, -0.1) is 11.3 Å². The fourth-order valence-corrected chi connectivity index (χ4v) is 10.1. The van der Waals surface area contributed by atoms with Crippen molar-refractivity contribution in [1.82, 2.24) is 24.5 Å². The largest absolute Gasteiger partial charge is 0.466 e. The zero-order valence-corrected chi connectivity index (χ0v) is 32.3. The van der Waals surface area contributed by atoms with Gasteiger partial charge in [-0.1, -0.05) is 103 Å². The molecule has 8 nitrogen and oxygen atoms in total. The minimum absolute atomic E-state index is 0.0929. The van der Waals surface area contributed by atoms with Gasteiger partial charge in [-0.05, 0) is 80.2 Å². The van der Waals surface area contributed by atoms with Crippen LogP contribution < -0.4 is 5.32 Å². The Kier molecular flexibility index (Phi) is 9.44. The minimum Gasteiger partial charge on any atom is -0.466 e. The molecule has 3 aromatic carbocycles. The Morgan fingerprint density at radius 3 is 2.05 bits per heavy atom. The van der Waals surface area contributed by atoms with Gasteiger partial charge in [0.15, 0.2) is 11.5 Å². The van der Waals surface area contributed by atoms with Crippen molar-refractivity contribution >= 4 is 45.9 Å². The number of hydrogen-bond acceptors (Lipinski definition) is 8. The molecule has 276 valence electrons. The predicted molar refractivity (Wildman–Crippen MR) is 219 cm³/mol. The molecule has 10 rings (SSSR count). The standard InChI is InChI=1S/C45H41ClN6O2S/c1-3-54-44(53)39-29-20-22-30(23-21-29)40(39)50-38-25-35(36-24-19-28(2)55-36)48-42(51-38)34-27-52(43-41(34)49-37(46)26-47-43)45(31-13-7-4-8-14-31,32-15-9-5-10-16-32)33-17-11-6-12-18-33/h4-19,24-27,29-30,39-40H,3,20-23H2,1-2H3,(H,48,50,51)/t29?,30?,39-,40-/m1/s1. The van der Waals surface area contributed by atoms with Gasteiger partial charge >= 0.3 is 5.97 Å². The SMILES string of the molecule is CCOC(=O)[C@@H]1C2CCC(CC2)[C@H]1Nc1cc(-c2ccc(C)s2)nc(-c2cn(C(c3ccccc3)(c3ccccc3)c3ccccc3)c3ncc(Cl)nc23)n1. The topological polar surface area (TPSA) is 94.8 Å². The molecule has 3 aliphatic carbocycles. The van der Waals surface area contributed by atoms with E-state index in [0.29, 0.717) is 46.8 Å². The second-order valence-corrected chi connectivity index (χ2v) is 16.3. The van der Waals surface area contributed by atoms with E-state index in [1.54, 1.807) is 17.5 Å². The second-order valence-electron chi connectivity index (χ2n) is 14.6. The molecule has 0 unspecified atom stereocenters. The molecule has 0 spiro atoms. The van der Waals surface area contributed by atoms with Gasteiger partial charge in [0.05, 0.1) is 34.9 Å². The highest BCUT2D eigenvalue weighted by Gasteiger charge is 2.48. The van der Waals surface area contributed by atoms with Gasteiger partial charge in [-0.25, -0.2) is 19.9 Å². The number of rotatable bonds is 10. The van der Waals surface area contributed by atoms with Crippen LogP contribution in [-0.4, -0.2) is 43.1 Å². The number of carbonyl (C=O) groups excluding carboxylic acids is 1. The lowest BCUT2D eigenvalue weighted by atomic mass is 9.61. The third kappa shape index (κ3) is 6.29. The summed E-state index contributed by atoms with van der Waals surface area (Å²) in [4.78, 5) is 36.1. The second kappa shape index (κ2) is 14.7. The Morgan fingerprint density at radius 2 is 1.47 bits per heavy atom. The van der Waals surface area contributed by atoms with E-state index in [9.17, 15) is 4.79 Å². The first-order valence-electron chi connectivity index (χ1n) is 19.0. The van der Waals surface area contributed by atoms with Crippen LogP contribution in [-0.2, 0) is 15.1 Å². The van der Waals surface area contributed by atoms with Gasteiger partial charge in [-0.2, -0.15) is 0 Å². The van der Waals surface area contributed by atoms with Crippen LogP contribution >= 0.6 is 22.9 Å². The lowest BCUT2D eigenvalue weighted by Gasteiger charge is -2.47. The number of aromatic nitrogens is 5. The molecule has 3 saturated carbocycles. The van der Waals surface area contributed by atoms with Crippen LogP contribution in [0.1, 0.15) is 54.2 Å². The molecular weight excluding hydrogens is 724 g/mol. The highest BCUT2D eigenvalue weighted by atomic mass is 35.5. The molecular formula is C45H41ClN6O2S. The molecule has 1 N–H and O–H groups in total. The maximum Gasteiger partial charge on any atom is 0.311 e. The monoisotopic (exact) mass is 764 g/mol. The Hall–Kier alpha value is -5.38. The van der Waals surface area contributed by atoms with E-state index in [0.717, 1.165) is 52.9 Å². The number of anilines is 1. The average Bonchev–Trinajstić information content (AvgIpc) is 3.83.